The van der Waals surface area contributed by atoms with E-state index in [1.807, 2.05) is 61.9 Å². The van der Waals surface area contributed by atoms with Crippen molar-refractivity contribution < 1.29 is 14.3 Å². The number of para-hydroxylation sites is 2. The minimum absolute atomic E-state index is 0.125. The van der Waals surface area contributed by atoms with Gasteiger partial charge in [0.2, 0.25) is 5.91 Å². The summed E-state index contributed by atoms with van der Waals surface area (Å²) in [5, 5.41) is 14.3. The molecule has 30 heavy (non-hydrogen) atoms. The molecule has 0 aliphatic rings. The monoisotopic (exact) mass is 447 g/mol. The van der Waals surface area contributed by atoms with Gasteiger partial charge in [-0.1, -0.05) is 23.9 Å². The summed E-state index contributed by atoms with van der Waals surface area (Å²) in [4.78, 5) is 16.8. The Kier molecular flexibility index (Phi) is 7.33. The lowest BCUT2D eigenvalue weighted by atomic mass is 10.3. The van der Waals surface area contributed by atoms with Crippen molar-refractivity contribution in [3.8, 4) is 11.5 Å². The standard InChI is InChI=1S/C20H25N5O3S2/c1-6-25-17(13(3)28-16-10-8-7-9-15(16)27-5)23-24-20(25)30-14(4)18(26)22-19-21-12(2)11-29-19/h7-11,13-14H,6H2,1-5H3,(H,21,22,26). The molecule has 1 amide bonds. The molecule has 2 heterocycles. The van der Waals surface area contributed by atoms with Crippen LogP contribution >= 0.6 is 23.1 Å². The van der Waals surface area contributed by atoms with Crippen LogP contribution in [-0.2, 0) is 11.3 Å². The molecule has 2 atom stereocenters. The number of hydrogen-bond donors (Lipinski definition) is 1. The highest BCUT2D eigenvalue weighted by atomic mass is 32.2. The van der Waals surface area contributed by atoms with Crippen molar-refractivity contribution in [2.24, 2.45) is 0 Å². The molecule has 0 fully saturated rings. The number of rotatable bonds is 9. The third-order valence-corrected chi connectivity index (χ3v) is 6.25. The molecule has 10 heteroatoms. The van der Waals surface area contributed by atoms with Gasteiger partial charge in [-0.15, -0.1) is 21.5 Å². The van der Waals surface area contributed by atoms with Crippen LogP contribution in [0.5, 0.6) is 11.5 Å². The number of hydrogen-bond acceptors (Lipinski definition) is 8. The molecule has 3 rings (SSSR count). The van der Waals surface area contributed by atoms with Gasteiger partial charge in [0, 0.05) is 11.9 Å². The third-order valence-electron chi connectivity index (χ3n) is 4.30. The zero-order valence-corrected chi connectivity index (χ0v) is 19.2. The smallest absolute Gasteiger partial charge is 0.239 e. The van der Waals surface area contributed by atoms with Gasteiger partial charge >= 0.3 is 0 Å². The van der Waals surface area contributed by atoms with E-state index in [-0.39, 0.29) is 17.3 Å². The minimum atomic E-state index is -0.359. The van der Waals surface area contributed by atoms with Crippen molar-refractivity contribution >= 4 is 34.1 Å². The highest BCUT2D eigenvalue weighted by Crippen LogP contribution is 2.32. The topological polar surface area (TPSA) is 91.2 Å². The van der Waals surface area contributed by atoms with E-state index < -0.39 is 0 Å². The van der Waals surface area contributed by atoms with Crippen molar-refractivity contribution in [1.82, 2.24) is 19.7 Å². The lowest BCUT2D eigenvalue weighted by molar-refractivity contribution is -0.115. The Bertz CT molecular complexity index is 1000. The Morgan fingerprint density at radius 3 is 2.63 bits per heavy atom. The Balaban J connectivity index is 1.70. The number of nitrogens with one attached hydrogen (secondary N) is 1. The van der Waals surface area contributed by atoms with Gasteiger partial charge in [0.15, 0.2) is 33.7 Å². The highest BCUT2D eigenvalue weighted by molar-refractivity contribution is 8.00. The Morgan fingerprint density at radius 2 is 2.00 bits per heavy atom. The molecular formula is C20H25N5O3S2. The number of anilines is 1. The number of aromatic nitrogens is 4. The van der Waals surface area contributed by atoms with Crippen LogP contribution in [0.15, 0.2) is 34.8 Å². The van der Waals surface area contributed by atoms with E-state index in [0.717, 1.165) is 5.69 Å². The number of methoxy groups -OCH3 is 1. The second kappa shape index (κ2) is 9.94. The van der Waals surface area contributed by atoms with Crippen molar-refractivity contribution in [1.29, 1.82) is 0 Å². The van der Waals surface area contributed by atoms with Gasteiger partial charge in [0.25, 0.3) is 0 Å². The summed E-state index contributed by atoms with van der Waals surface area (Å²) in [6.07, 6.45) is -0.342. The first-order chi connectivity index (χ1) is 14.4. The van der Waals surface area contributed by atoms with Crippen LogP contribution in [0.1, 0.15) is 38.4 Å². The molecule has 0 saturated carbocycles. The number of carbonyl (C=O) groups excluding carboxylic acids is 1. The Hall–Kier alpha value is -2.59. The SMILES string of the molecule is CCn1c(SC(C)C(=O)Nc2nc(C)cs2)nnc1C(C)Oc1ccccc1OC. The Labute approximate surface area is 184 Å². The molecule has 160 valence electrons. The zero-order chi connectivity index (χ0) is 21.7. The van der Waals surface area contributed by atoms with Crippen molar-refractivity contribution in [3.63, 3.8) is 0 Å². The normalized spacial score (nSPS) is 13.0. The maximum absolute atomic E-state index is 12.5. The molecular weight excluding hydrogens is 422 g/mol. The predicted molar refractivity (Wildman–Crippen MR) is 119 cm³/mol. The van der Waals surface area contributed by atoms with E-state index in [4.69, 9.17) is 9.47 Å². The lowest BCUT2D eigenvalue weighted by Gasteiger charge is -2.17. The van der Waals surface area contributed by atoms with E-state index in [1.54, 1.807) is 7.11 Å². The van der Waals surface area contributed by atoms with Crippen LogP contribution in [0.25, 0.3) is 0 Å². The molecule has 1 aromatic carbocycles. The molecule has 2 unspecified atom stereocenters. The molecule has 2 aromatic heterocycles. The van der Waals surface area contributed by atoms with Crippen LogP contribution in [0.4, 0.5) is 5.13 Å². The van der Waals surface area contributed by atoms with Gasteiger partial charge in [-0.05, 0) is 39.8 Å². The zero-order valence-electron chi connectivity index (χ0n) is 17.6. The summed E-state index contributed by atoms with van der Waals surface area (Å²) in [6, 6.07) is 7.47. The molecule has 0 aliphatic carbocycles. The molecule has 1 N–H and O–H groups in total. The van der Waals surface area contributed by atoms with E-state index in [9.17, 15) is 4.79 Å². The molecule has 0 aliphatic heterocycles. The first-order valence-corrected chi connectivity index (χ1v) is 11.3. The Morgan fingerprint density at radius 1 is 1.27 bits per heavy atom. The summed E-state index contributed by atoms with van der Waals surface area (Å²) in [5.74, 6) is 1.86. The summed E-state index contributed by atoms with van der Waals surface area (Å²) >= 11 is 2.76. The van der Waals surface area contributed by atoms with Gasteiger partial charge in [-0.3, -0.25) is 4.79 Å². The fourth-order valence-electron chi connectivity index (χ4n) is 2.77. The van der Waals surface area contributed by atoms with Crippen LogP contribution in [-0.4, -0.2) is 38.0 Å². The fourth-order valence-corrected chi connectivity index (χ4v) is 4.39. The molecule has 0 radical (unpaired) electrons. The van der Waals surface area contributed by atoms with Gasteiger partial charge in [-0.2, -0.15) is 0 Å². The maximum atomic E-state index is 12.5. The van der Waals surface area contributed by atoms with Crippen molar-refractivity contribution in [3.05, 3.63) is 41.2 Å². The maximum Gasteiger partial charge on any atom is 0.239 e. The molecule has 8 nitrogen and oxygen atoms in total. The summed E-state index contributed by atoms with van der Waals surface area (Å²) in [7, 11) is 1.61. The first-order valence-electron chi connectivity index (χ1n) is 9.55. The number of thiazole rings is 1. The fraction of sp³-hybridized carbons (Fsp3) is 0.400. The van der Waals surface area contributed by atoms with E-state index in [2.05, 4.69) is 20.5 Å². The van der Waals surface area contributed by atoms with Crippen LogP contribution in [0, 0.1) is 6.92 Å². The average Bonchev–Trinajstić information content (AvgIpc) is 3.33. The second-order valence-corrected chi connectivity index (χ2v) is 8.71. The number of carbonyl (C=O) groups is 1. The molecule has 0 spiro atoms. The van der Waals surface area contributed by atoms with Crippen LogP contribution in [0.2, 0.25) is 0 Å². The lowest BCUT2D eigenvalue weighted by Crippen LogP contribution is -2.23. The van der Waals surface area contributed by atoms with Crippen LogP contribution in [0.3, 0.4) is 0 Å². The number of ether oxygens (including phenoxy) is 2. The van der Waals surface area contributed by atoms with E-state index in [0.29, 0.717) is 34.2 Å². The number of thioether (sulfide) groups is 1. The quantitative estimate of drug-likeness (QED) is 0.488. The summed E-state index contributed by atoms with van der Waals surface area (Å²) < 4.78 is 13.4. The minimum Gasteiger partial charge on any atom is -0.493 e. The molecule has 3 aromatic rings. The van der Waals surface area contributed by atoms with Crippen LogP contribution < -0.4 is 14.8 Å². The van der Waals surface area contributed by atoms with Gasteiger partial charge in [-0.25, -0.2) is 4.98 Å². The van der Waals surface area contributed by atoms with Gasteiger partial charge < -0.3 is 19.4 Å². The number of benzene rings is 1. The number of amides is 1. The predicted octanol–water partition coefficient (Wildman–Crippen LogP) is 4.33. The number of aryl methyl sites for hydroxylation is 1. The molecule has 0 saturated heterocycles. The van der Waals surface area contributed by atoms with Gasteiger partial charge in [0.1, 0.15) is 0 Å². The van der Waals surface area contributed by atoms with Crippen molar-refractivity contribution in [2.45, 2.75) is 50.8 Å². The van der Waals surface area contributed by atoms with Crippen molar-refractivity contribution in [2.75, 3.05) is 12.4 Å². The third kappa shape index (κ3) is 5.11. The largest absolute Gasteiger partial charge is 0.493 e. The van der Waals surface area contributed by atoms with E-state index in [1.165, 1.54) is 23.1 Å². The average molecular weight is 448 g/mol. The first kappa shape index (κ1) is 22.1. The summed E-state index contributed by atoms with van der Waals surface area (Å²) in [5.41, 5.74) is 0.884. The highest BCUT2D eigenvalue weighted by Gasteiger charge is 2.23. The summed E-state index contributed by atoms with van der Waals surface area (Å²) in [6.45, 7) is 8.31. The van der Waals surface area contributed by atoms with Gasteiger partial charge in [0.05, 0.1) is 18.1 Å². The second-order valence-electron chi connectivity index (χ2n) is 6.54. The molecule has 0 bridgehead atoms. The number of nitrogens with zero attached hydrogens (tertiary/aromatic N) is 4. The van der Waals surface area contributed by atoms with E-state index >= 15 is 0 Å².